The summed E-state index contributed by atoms with van der Waals surface area (Å²) in [5, 5.41) is 3.28. The van der Waals surface area contributed by atoms with E-state index in [0.717, 1.165) is 50.7 Å². The summed E-state index contributed by atoms with van der Waals surface area (Å²) in [5.74, 6) is 0. The van der Waals surface area contributed by atoms with Gasteiger partial charge in [0.15, 0.2) is 0 Å². The molecule has 1 fully saturated rings. The van der Waals surface area contributed by atoms with Gasteiger partial charge < -0.3 is 5.32 Å². The second-order valence-corrected chi connectivity index (χ2v) is 5.21. The number of hydrogen-bond acceptors (Lipinski definition) is 2. The van der Waals surface area contributed by atoms with Crippen molar-refractivity contribution in [1.29, 1.82) is 0 Å². The van der Waals surface area contributed by atoms with Crippen molar-refractivity contribution in [3.05, 3.63) is 35.4 Å². The number of nitrogens with zero attached hydrogens (tertiary/aromatic N) is 1. The molecule has 1 heterocycles. The zero-order valence-electron chi connectivity index (χ0n) is 11.7. The van der Waals surface area contributed by atoms with Crippen molar-refractivity contribution >= 4 is 0 Å². The standard InChI is InChI=1S/C15H21F3N2/c1-2-4-14(20-9-7-19-8-10-20)12-5-3-6-13(11-12)15(16,17)18/h3,5-6,11,14,19H,2,4,7-10H2,1H3/t14-/m0/s1. The van der Waals surface area contributed by atoms with Crippen LogP contribution in [0.2, 0.25) is 0 Å². The van der Waals surface area contributed by atoms with Crippen LogP contribution in [-0.2, 0) is 6.18 Å². The third-order valence-corrected chi connectivity index (χ3v) is 3.75. The predicted octanol–water partition coefficient (Wildman–Crippen LogP) is 3.45. The minimum Gasteiger partial charge on any atom is -0.314 e. The number of nitrogens with one attached hydrogen (secondary N) is 1. The Balaban J connectivity index is 2.24. The molecule has 5 heteroatoms. The Hall–Kier alpha value is -1.07. The maximum absolute atomic E-state index is 12.8. The quantitative estimate of drug-likeness (QED) is 0.912. The molecule has 1 N–H and O–H groups in total. The van der Waals surface area contributed by atoms with Gasteiger partial charge in [0, 0.05) is 32.2 Å². The van der Waals surface area contributed by atoms with E-state index >= 15 is 0 Å². The average Bonchev–Trinajstić information content (AvgIpc) is 2.45. The largest absolute Gasteiger partial charge is 0.416 e. The highest BCUT2D eigenvalue weighted by molar-refractivity contribution is 5.28. The minimum absolute atomic E-state index is 0.0874. The van der Waals surface area contributed by atoms with Gasteiger partial charge in [0.25, 0.3) is 0 Å². The van der Waals surface area contributed by atoms with Crippen LogP contribution >= 0.6 is 0 Å². The van der Waals surface area contributed by atoms with Crippen molar-refractivity contribution < 1.29 is 13.2 Å². The number of alkyl halides is 3. The molecule has 0 saturated carbocycles. The van der Waals surface area contributed by atoms with Crippen molar-refractivity contribution in [2.45, 2.75) is 32.0 Å². The van der Waals surface area contributed by atoms with Crippen LogP contribution in [0.4, 0.5) is 13.2 Å². The molecule has 0 aromatic heterocycles. The molecule has 0 spiro atoms. The molecule has 112 valence electrons. The molecule has 1 saturated heterocycles. The fourth-order valence-electron chi connectivity index (χ4n) is 2.75. The minimum atomic E-state index is -4.27. The van der Waals surface area contributed by atoms with Gasteiger partial charge >= 0.3 is 6.18 Å². The maximum Gasteiger partial charge on any atom is 0.416 e. The number of rotatable bonds is 4. The zero-order chi connectivity index (χ0) is 14.6. The lowest BCUT2D eigenvalue weighted by atomic mass is 9.98. The summed E-state index contributed by atoms with van der Waals surface area (Å²) < 4.78 is 38.5. The Morgan fingerprint density at radius 1 is 1.25 bits per heavy atom. The topological polar surface area (TPSA) is 15.3 Å². The van der Waals surface area contributed by atoms with Gasteiger partial charge in [0.2, 0.25) is 0 Å². The molecule has 2 rings (SSSR count). The Labute approximate surface area is 118 Å². The maximum atomic E-state index is 12.8. The van der Waals surface area contributed by atoms with Gasteiger partial charge in [-0.3, -0.25) is 4.90 Å². The molecule has 0 radical (unpaired) electrons. The monoisotopic (exact) mass is 286 g/mol. The number of piperazine rings is 1. The molecule has 0 bridgehead atoms. The van der Waals surface area contributed by atoms with Crippen molar-refractivity contribution in [1.82, 2.24) is 10.2 Å². The summed E-state index contributed by atoms with van der Waals surface area (Å²) >= 11 is 0. The second kappa shape index (κ2) is 6.59. The van der Waals surface area contributed by atoms with Gasteiger partial charge in [-0.2, -0.15) is 13.2 Å². The van der Waals surface area contributed by atoms with Gasteiger partial charge in [-0.1, -0.05) is 25.5 Å². The fourth-order valence-corrected chi connectivity index (χ4v) is 2.75. The van der Waals surface area contributed by atoms with Gasteiger partial charge in [0.1, 0.15) is 0 Å². The Kier molecular flexibility index (Phi) is 5.05. The number of benzene rings is 1. The smallest absolute Gasteiger partial charge is 0.314 e. The highest BCUT2D eigenvalue weighted by Crippen LogP contribution is 2.33. The summed E-state index contributed by atoms with van der Waals surface area (Å²) in [6.07, 6.45) is -2.41. The molecular weight excluding hydrogens is 265 g/mol. The van der Waals surface area contributed by atoms with Gasteiger partial charge in [0.05, 0.1) is 5.56 Å². The van der Waals surface area contributed by atoms with Gasteiger partial charge in [-0.05, 0) is 24.1 Å². The molecular formula is C15H21F3N2. The van der Waals surface area contributed by atoms with Crippen molar-refractivity contribution in [3.63, 3.8) is 0 Å². The first-order valence-electron chi connectivity index (χ1n) is 7.14. The van der Waals surface area contributed by atoms with E-state index in [2.05, 4.69) is 17.1 Å². The van der Waals surface area contributed by atoms with E-state index in [4.69, 9.17) is 0 Å². The van der Waals surface area contributed by atoms with Crippen LogP contribution in [0, 0.1) is 0 Å². The summed E-state index contributed by atoms with van der Waals surface area (Å²) in [7, 11) is 0. The molecule has 0 aliphatic carbocycles. The predicted molar refractivity (Wildman–Crippen MR) is 73.5 cm³/mol. The van der Waals surface area contributed by atoms with E-state index < -0.39 is 11.7 Å². The van der Waals surface area contributed by atoms with Gasteiger partial charge in [-0.25, -0.2) is 0 Å². The van der Waals surface area contributed by atoms with E-state index in [9.17, 15) is 13.2 Å². The summed E-state index contributed by atoms with van der Waals surface area (Å²) in [5.41, 5.74) is 0.231. The molecule has 0 unspecified atom stereocenters. The normalized spacial score (nSPS) is 19.0. The first-order valence-corrected chi connectivity index (χ1v) is 7.14. The molecule has 1 aromatic carbocycles. The SMILES string of the molecule is CCC[C@@H](c1cccc(C(F)(F)F)c1)N1CCNCC1. The van der Waals surface area contributed by atoms with Gasteiger partial charge in [-0.15, -0.1) is 0 Å². The molecule has 2 nitrogen and oxygen atoms in total. The van der Waals surface area contributed by atoms with Crippen molar-refractivity contribution in [3.8, 4) is 0 Å². The zero-order valence-corrected chi connectivity index (χ0v) is 11.7. The first-order chi connectivity index (χ1) is 9.52. The lowest BCUT2D eigenvalue weighted by Crippen LogP contribution is -2.45. The van der Waals surface area contributed by atoms with E-state index in [1.54, 1.807) is 0 Å². The van der Waals surface area contributed by atoms with E-state index in [0.29, 0.717) is 0 Å². The molecule has 1 aromatic rings. The molecule has 1 atom stereocenters. The summed E-state index contributed by atoms with van der Waals surface area (Å²) in [6.45, 7) is 5.66. The number of hydrogen-bond donors (Lipinski definition) is 1. The van der Waals surface area contributed by atoms with Crippen molar-refractivity contribution in [2.24, 2.45) is 0 Å². The molecule has 1 aliphatic heterocycles. The van der Waals surface area contributed by atoms with Crippen molar-refractivity contribution in [2.75, 3.05) is 26.2 Å². The fraction of sp³-hybridized carbons (Fsp3) is 0.600. The Morgan fingerprint density at radius 3 is 2.55 bits per heavy atom. The first kappa shape index (κ1) is 15.3. The van der Waals surface area contributed by atoms with E-state index in [1.807, 2.05) is 6.07 Å². The lowest BCUT2D eigenvalue weighted by molar-refractivity contribution is -0.137. The third-order valence-electron chi connectivity index (χ3n) is 3.75. The third kappa shape index (κ3) is 3.73. The second-order valence-electron chi connectivity index (χ2n) is 5.21. The highest BCUT2D eigenvalue weighted by Gasteiger charge is 2.31. The van der Waals surface area contributed by atoms with Crippen LogP contribution < -0.4 is 5.32 Å². The summed E-state index contributed by atoms with van der Waals surface area (Å²) in [4.78, 5) is 2.29. The van der Waals surface area contributed by atoms with Crippen LogP contribution in [0.5, 0.6) is 0 Å². The van der Waals surface area contributed by atoms with Crippen LogP contribution in [0.15, 0.2) is 24.3 Å². The van der Waals surface area contributed by atoms with E-state index in [-0.39, 0.29) is 6.04 Å². The molecule has 1 aliphatic rings. The summed E-state index contributed by atoms with van der Waals surface area (Å²) in [6, 6.07) is 5.87. The average molecular weight is 286 g/mol. The number of halogens is 3. The highest BCUT2D eigenvalue weighted by atomic mass is 19.4. The lowest BCUT2D eigenvalue weighted by Gasteiger charge is -2.35. The van der Waals surface area contributed by atoms with Crippen LogP contribution in [-0.4, -0.2) is 31.1 Å². The molecule has 0 amide bonds. The van der Waals surface area contributed by atoms with E-state index in [1.165, 1.54) is 12.1 Å². The molecule has 20 heavy (non-hydrogen) atoms. The van der Waals surface area contributed by atoms with Crippen LogP contribution in [0.1, 0.15) is 36.9 Å². The Morgan fingerprint density at radius 2 is 1.95 bits per heavy atom. The van der Waals surface area contributed by atoms with Crippen LogP contribution in [0.3, 0.4) is 0 Å². The van der Waals surface area contributed by atoms with Crippen LogP contribution in [0.25, 0.3) is 0 Å². The Bertz CT molecular complexity index is 425.